The Balaban J connectivity index is 1.58. The molecule has 1 heterocycles. The van der Waals surface area contributed by atoms with Gasteiger partial charge in [-0.05, 0) is 55.0 Å². The number of methoxy groups -OCH3 is 1. The number of fused-ring (bicyclic) bond motifs is 1. The van der Waals surface area contributed by atoms with Gasteiger partial charge in [0.1, 0.15) is 5.75 Å². The number of hydrogen-bond acceptors (Lipinski definition) is 5. The summed E-state index contributed by atoms with van der Waals surface area (Å²) in [6.07, 6.45) is 4.47. The monoisotopic (exact) mass is 415 g/mol. The molecule has 3 N–H and O–H groups in total. The van der Waals surface area contributed by atoms with Gasteiger partial charge in [0.15, 0.2) is 0 Å². The van der Waals surface area contributed by atoms with Crippen molar-refractivity contribution in [1.82, 2.24) is 0 Å². The van der Waals surface area contributed by atoms with E-state index >= 15 is 0 Å². The van der Waals surface area contributed by atoms with Gasteiger partial charge in [-0.15, -0.1) is 0 Å². The Kier molecular flexibility index (Phi) is 6.21. The number of aliphatic hydroxyl groups is 1. The van der Waals surface area contributed by atoms with Crippen molar-refractivity contribution in [2.45, 2.75) is 45.6 Å². The molecule has 2 aliphatic rings. The lowest BCUT2D eigenvalue weighted by Gasteiger charge is -2.15. The number of nitrogens with one attached hydrogen (secondary N) is 2. The van der Waals surface area contributed by atoms with Gasteiger partial charge in [-0.25, -0.2) is 4.99 Å². The predicted molar refractivity (Wildman–Crippen MR) is 126 cm³/mol. The molecule has 0 spiro atoms. The number of benzene rings is 2. The Morgan fingerprint density at radius 1 is 1.10 bits per heavy atom. The summed E-state index contributed by atoms with van der Waals surface area (Å²) in [5, 5.41) is 23.0. The van der Waals surface area contributed by atoms with Gasteiger partial charge in [0.05, 0.1) is 18.5 Å². The van der Waals surface area contributed by atoms with Crippen LogP contribution in [0.25, 0.3) is 0 Å². The van der Waals surface area contributed by atoms with Crippen LogP contribution in [-0.4, -0.2) is 23.6 Å². The Labute approximate surface area is 183 Å². The van der Waals surface area contributed by atoms with E-state index in [9.17, 15) is 5.11 Å². The number of para-hydroxylation sites is 1. The molecule has 1 fully saturated rings. The molecule has 2 aromatic carbocycles. The third-order valence-electron chi connectivity index (χ3n) is 6.09. The Morgan fingerprint density at radius 2 is 1.84 bits per heavy atom. The van der Waals surface area contributed by atoms with Crippen molar-refractivity contribution in [2.24, 2.45) is 4.99 Å². The number of anilines is 1. The van der Waals surface area contributed by atoms with Crippen LogP contribution in [-0.2, 0) is 6.54 Å². The van der Waals surface area contributed by atoms with Crippen molar-refractivity contribution < 1.29 is 9.84 Å². The minimum absolute atomic E-state index is 0.0966. The molecule has 160 valence electrons. The first-order valence-electron chi connectivity index (χ1n) is 10.9. The largest absolute Gasteiger partial charge is 0.497 e. The fraction of sp³-hybridized carbons (Fsp3) is 0.308. The fourth-order valence-electron chi connectivity index (χ4n) is 4.36. The first kappa shape index (κ1) is 20.9. The van der Waals surface area contributed by atoms with E-state index in [1.165, 1.54) is 11.1 Å². The molecule has 0 unspecified atom stereocenters. The van der Waals surface area contributed by atoms with Crippen molar-refractivity contribution in [1.29, 1.82) is 5.41 Å². The van der Waals surface area contributed by atoms with Crippen LogP contribution < -0.4 is 10.1 Å². The van der Waals surface area contributed by atoms with Gasteiger partial charge in [-0.2, -0.15) is 0 Å². The molecular weight excluding hydrogens is 386 g/mol. The van der Waals surface area contributed by atoms with E-state index in [1.54, 1.807) is 7.11 Å². The zero-order valence-electron chi connectivity index (χ0n) is 18.2. The summed E-state index contributed by atoms with van der Waals surface area (Å²) in [7, 11) is 1.66. The molecular formula is C26H29N3O2. The maximum atomic E-state index is 10.6. The maximum absolute atomic E-state index is 10.6. The predicted octanol–water partition coefficient (Wildman–Crippen LogP) is 6.18. The van der Waals surface area contributed by atoms with Crippen LogP contribution in [0.4, 0.5) is 5.69 Å². The minimum atomic E-state index is 0.0966. The lowest BCUT2D eigenvalue weighted by molar-refractivity contribution is 0.400. The van der Waals surface area contributed by atoms with Gasteiger partial charge in [-0.3, -0.25) is 5.41 Å². The van der Waals surface area contributed by atoms with Crippen molar-refractivity contribution in [3.63, 3.8) is 0 Å². The number of ether oxygens (including phenoxy) is 1. The number of aliphatic imine (C=N–C) groups is 1. The van der Waals surface area contributed by atoms with Crippen molar-refractivity contribution in [3.8, 4) is 5.75 Å². The zero-order chi connectivity index (χ0) is 21.8. The van der Waals surface area contributed by atoms with Gasteiger partial charge in [-0.1, -0.05) is 42.8 Å². The van der Waals surface area contributed by atoms with E-state index in [0.717, 1.165) is 53.8 Å². The number of aliphatic hydroxyl groups excluding tert-OH is 1. The van der Waals surface area contributed by atoms with Crippen LogP contribution in [0.2, 0.25) is 0 Å². The molecule has 5 heteroatoms. The van der Waals surface area contributed by atoms with Crippen LogP contribution in [0.5, 0.6) is 5.75 Å². The van der Waals surface area contributed by atoms with Gasteiger partial charge < -0.3 is 15.2 Å². The van der Waals surface area contributed by atoms with E-state index in [4.69, 9.17) is 10.1 Å². The van der Waals surface area contributed by atoms with Gasteiger partial charge in [0.25, 0.3) is 0 Å². The molecule has 0 amide bonds. The maximum Gasteiger partial charge on any atom is 0.214 e. The number of nitrogens with zero attached hydrogens (tertiary/aromatic N) is 1. The van der Waals surface area contributed by atoms with Crippen LogP contribution in [0.1, 0.15) is 50.2 Å². The van der Waals surface area contributed by atoms with E-state index in [1.807, 2.05) is 48.5 Å². The van der Waals surface area contributed by atoms with Gasteiger partial charge in [0.2, 0.25) is 5.88 Å². The molecule has 0 aromatic heterocycles. The Morgan fingerprint density at radius 3 is 2.58 bits per heavy atom. The molecule has 2 aromatic rings. The summed E-state index contributed by atoms with van der Waals surface area (Å²) < 4.78 is 5.22. The summed E-state index contributed by atoms with van der Waals surface area (Å²) in [6, 6.07) is 15.8. The third-order valence-corrected chi connectivity index (χ3v) is 6.09. The first-order valence-corrected chi connectivity index (χ1v) is 10.9. The number of rotatable bonds is 7. The summed E-state index contributed by atoms with van der Waals surface area (Å²) >= 11 is 0. The van der Waals surface area contributed by atoms with Gasteiger partial charge in [0, 0.05) is 29.8 Å². The fourth-order valence-corrected chi connectivity index (χ4v) is 4.36. The van der Waals surface area contributed by atoms with E-state index < -0.39 is 0 Å². The Hall–Kier alpha value is -3.34. The van der Waals surface area contributed by atoms with Crippen molar-refractivity contribution >= 4 is 17.1 Å². The van der Waals surface area contributed by atoms with Crippen LogP contribution in [0.15, 0.2) is 76.1 Å². The number of hydrogen-bond donors (Lipinski definition) is 3. The van der Waals surface area contributed by atoms with Crippen molar-refractivity contribution in [2.75, 3.05) is 12.4 Å². The van der Waals surface area contributed by atoms with Crippen LogP contribution >= 0.6 is 0 Å². The molecule has 0 bridgehead atoms. The highest BCUT2D eigenvalue weighted by Crippen LogP contribution is 2.39. The average Bonchev–Trinajstić information content (AvgIpc) is 3.25. The normalized spacial score (nSPS) is 16.0. The lowest BCUT2D eigenvalue weighted by atomic mass is 9.93. The van der Waals surface area contributed by atoms with E-state index in [2.05, 4.69) is 17.2 Å². The van der Waals surface area contributed by atoms with E-state index in [0.29, 0.717) is 24.4 Å². The second kappa shape index (κ2) is 9.21. The average molecular weight is 416 g/mol. The summed E-state index contributed by atoms with van der Waals surface area (Å²) in [5.41, 5.74) is 7.32. The highest BCUT2D eigenvalue weighted by molar-refractivity contribution is 6.48. The second-order valence-electron chi connectivity index (χ2n) is 7.95. The molecule has 5 nitrogen and oxygen atoms in total. The summed E-state index contributed by atoms with van der Waals surface area (Å²) in [5.74, 6) is 0.927. The SMILES string of the molecule is CCC1=C2CCCC2=C(O)N=C(C(=N)c2ccccc2NCc2ccc(OC)cc2)C1. The van der Waals surface area contributed by atoms with Crippen molar-refractivity contribution in [3.05, 3.63) is 82.3 Å². The minimum Gasteiger partial charge on any atom is -0.497 e. The molecule has 4 rings (SSSR count). The van der Waals surface area contributed by atoms with E-state index in [-0.39, 0.29) is 5.88 Å². The first-order chi connectivity index (χ1) is 15.1. The molecule has 1 saturated carbocycles. The van der Waals surface area contributed by atoms with Crippen LogP contribution in [0.3, 0.4) is 0 Å². The topological polar surface area (TPSA) is 77.7 Å². The standard InChI is InChI=1S/C26H29N3O2/c1-3-18-15-24(29-26(30)21-9-6-8-20(18)21)25(27)22-7-4-5-10-23(22)28-16-17-11-13-19(31-2)14-12-17/h4-5,7,10-14,27-28,30H,3,6,8-9,15-16H2,1-2H3. The zero-order valence-corrected chi connectivity index (χ0v) is 18.2. The third kappa shape index (κ3) is 4.41. The molecule has 1 aliphatic carbocycles. The molecule has 0 atom stereocenters. The lowest BCUT2D eigenvalue weighted by Crippen LogP contribution is -2.17. The highest BCUT2D eigenvalue weighted by atomic mass is 16.5. The number of allylic oxidation sites excluding steroid dienone is 3. The smallest absolute Gasteiger partial charge is 0.214 e. The Bertz CT molecular complexity index is 1080. The van der Waals surface area contributed by atoms with Crippen LogP contribution in [0, 0.1) is 5.41 Å². The van der Waals surface area contributed by atoms with Gasteiger partial charge >= 0.3 is 0 Å². The molecule has 31 heavy (non-hydrogen) atoms. The molecule has 0 saturated heterocycles. The highest BCUT2D eigenvalue weighted by Gasteiger charge is 2.26. The summed E-state index contributed by atoms with van der Waals surface area (Å²) in [6.45, 7) is 2.78. The quantitative estimate of drug-likeness (QED) is 0.473. The molecule has 1 aliphatic heterocycles. The summed E-state index contributed by atoms with van der Waals surface area (Å²) in [4.78, 5) is 4.52. The molecule has 0 radical (unpaired) electrons. The second-order valence-corrected chi connectivity index (χ2v) is 7.95.